The molecule has 0 spiro atoms. The van der Waals surface area contributed by atoms with Crippen molar-refractivity contribution in [3.05, 3.63) is 60.6 Å². The van der Waals surface area contributed by atoms with E-state index in [2.05, 4.69) is 9.97 Å². The Kier molecular flexibility index (Phi) is 3.91. The van der Waals surface area contributed by atoms with Crippen LogP contribution in [0.5, 0.6) is 5.75 Å². The van der Waals surface area contributed by atoms with E-state index in [1.165, 1.54) is 0 Å². The second-order valence-corrected chi connectivity index (χ2v) is 6.10. The zero-order valence-corrected chi connectivity index (χ0v) is 13.3. The van der Waals surface area contributed by atoms with E-state index in [4.69, 9.17) is 4.74 Å². The first-order valence-corrected chi connectivity index (χ1v) is 8.23. The summed E-state index contributed by atoms with van der Waals surface area (Å²) in [6.45, 7) is 1.40. The minimum atomic E-state index is 0.0288. The summed E-state index contributed by atoms with van der Waals surface area (Å²) in [7, 11) is 0. The molecular formula is C19H19N3O2. The average molecular weight is 321 g/mol. The molecule has 122 valence electrons. The van der Waals surface area contributed by atoms with Crippen molar-refractivity contribution in [2.24, 2.45) is 0 Å². The third kappa shape index (κ3) is 2.97. The van der Waals surface area contributed by atoms with E-state index in [9.17, 15) is 4.79 Å². The van der Waals surface area contributed by atoms with Gasteiger partial charge in [0.15, 0.2) is 0 Å². The van der Waals surface area contributed by atoms with Gasteiger partial charge in [0, 0.05) is 41.6 Å². The van der Waals surface area contributed by atoms with Gasteiger partial charge in [-0.2, -0.15) is 0 Å². The summed E-state index contributed by atoms with van der Waals surface area (Å²) in [4.78, 5) is 21.8. The number of hydrogen-bond acceptors (Lipinski definition) is 3. The van der Waals surface area contributed by atoms with Crippen molar-refractivity contribution in [3.8, 4) is 5.75 Å². The van der Waals surface area contributed by atoms with Crippen LogP contribution in [0.4, 0.5) is 0 Å². The van der Waals surface area contributed by atoms with Crippen LogP contribution in [0, 0.1) is 0 Å². The van der Waals surface area contributed by atoms with Gasteiger partial charge in [-0.3, -0.25) is 9.78 Å². The van der Waals surface area contributed by atoms with E-state index in [1.807, 2.05) is 47.5 Å². The highest BCUT2D eigenvalue weighted by atomic mass is 16.5. The first-order chi connectivity index (χ1) is 11.8. The highest BCUT2D eigenvalue weighted by Gasteiger charge is 2.25. The lowest BCUT2D eigenvalue weighted by atomic mass is 10.1. The van der Waals surface area contributed by atoms with Gasteiger partial charge < -0.3 is 14.6 Å². The molecule has 0 saturated carbocycles. The van der Waals surface area contributed by atoms with Crippen LogP contribution >= 0.6 is 0 Å². The van der Waals surface area contributed by atoms with Gasteiger partial charge in [0.2, 0.25) is 0 Å². The minimum Gasteiger partial charge on any atom is -0.488 e. The van der Waals surface area contributed by atoms with Crippen LogP contribution in [0.3, 0.4) is 0 Å². The molecule has 4 rings (SSSR count). The Hall–Kier alpha value is -2.82. The van der Waals surface area contributed by atoms with Crippen LogP contribution in [0.1, 0.15) is 23.2 Å². The number of likely N-dealkylation sites (tertiary alicyclic amines) is 1. The number of H-pyrrole nitrogens is 1. The number of carbonyl (C=O) groups excluding carboxylic acids is 1. The number of pyridine rings is 1. The smallest absolute Gasteiger partial charge is 0.254 e. The van der Waals surface area contributed by atoms with Crippen LogP contribution in [0.15, 0.2) is 55.0 Å². The Labute approximate surface area is 140 Å². The first kappa shape index (κ1) is 14.8. The third-order valence-electron chi connectivity index (χ3n) is 4.42. The van der Waals surface area contributed by atoms with Crippen LogP contribution in [-0.2, 0) is 0 Å². The number of amides is 1. The molecule has 3 heterocycles. The Morgan fingerprint density at radius 2 is 2.08 bits per heavy atom. The molecule has 5 heteroatoms. The van der Waals surface area contributed by atoms with Crippen molar-refractivity contribution in [2.45, 2.75) is 18.9 Å². The van der Waals surface area contributed by atoms with Crippen LogP contribution in [-0.4, -0.2) is 40.0 Å². The van der Waals surface area contributed by atoms with Gasteiger partial charge in [-0.15, -0.1) is 0 Å². The van der Waals surface area contributed by atoms with Crippen LogP contribution in [0.2, 0.25) is 0 Å². The molecule has 1 aliphatic rings. The largest absolute Gasteiger partial charge is 0.488 e. The molecule has 1 aliphatic heterocycles. The van der Waals surface area contributed by atoms with Crippen molar-refractivity contribution in [3.63, 3.8) is 0 Å². The molecule has 1 amide bonds. The predicted molar refractivity (Wildman–Crippen MR) is 92.1 cm³/mol. The van der Waals surface area contributed by atoms with E-state index >= 15 is 0 Å². The molecule has 1 aromatic carbocycles. The number of nitrogens with one attached hydrogen (secondary N) is 1. The number of ether oxygens (including phenoxy) is 1. The van der Waals surface area contributed by atoms with Crippen molar-refractivity contribution in [2.75, 3.05) is 13.1 Å². The van der Waals surface area contributed by atoms with Gasteiger partial charge in [-0.25, -0.2) is 0 Å². The Bertz CT molecular complexity index is 844. The van der Waals surface area contributed by atoms with Crippen molar-refractivity contribution >= 4 is 16.8 Å². The highest BCUT2D eigenvalue weighted by molar-refractivity contribution is 5.98. The van der Waals surface area contributed by atoms with E-state index in [0.717, 1.165) is 41.6 Å². The van der Waals surface area contributed by atoms with E-state index in [1.54, 1.807) is 12.4 Å². The average Bonchev–Trinajstić information content (AvgIpc) is 3.10. The topological polar surface area (TPSA) is 58.2 Å². The number of piperidine rings is 1. The number of fused-ring (bicyclic) bond motifs is 1. The van der Waals surface area contributed by atoms with E-state index in [0.29, 0.717) is 6.54 Å². The number of aromatic amines is 1. The number of carbonyl (C=O) groups is 1. The molecule has 1 fully saturated rings. The maximum Gasteiger partial charge on any atom is 0.254 e. The fourth-order valence-electron chi connectivity index (χ4n) is 3.20. The van der Waals surface area contributed by atoms with Crippen LogP contribution in [0.25, 0.3) is 10.9 Å². The monoisotopic (exact) mass is 321 g/mol. The standard InChI is InChI=1S/C19H19N3O2/c23-19(15-3-4-18-14(12-15)5-10-21-18)22-11-1-2-17(13-22)24-16-6-8-20-9-7-16/h3-10,12,17,21H,1-2,11,13H2. The summed E-state index contributed by atoms with van der Waals surface area (Å²) in [6, 6.07) is 11.5. The Balaban J connectivity index is 1.47. The summed E-state index contributed by atoms with van der Waals surface area (Å²) >= 11 is 0. The van der Waals surface area contributed by atoms with Gasteiger partial charge in [0.25, 0.3) is 5.91 Å². The number of rotatable bonds is 3. The molecule has 24 heavy (non-hydrogen) atoms. The maximum atomic E-state index is 12.8. The lowest BCUT2D eigenvalue weighted by Gasteiger charge is -2.33. The first-order valence-electron chi connectivity index (χ1n) is 8.23. The quantitative estimate of drug-likeness (QED) is 0.805. The van der Waals surface area contributed by atoms with Gasteiger partial charge in [0.05, 0.1) is 6.54 Å². The maximum absolute atomic E-state index is 12.8. The van der Waals surface area contributed by atoms with Gasteiger partial charge >= 0.3 is 0 Å². The fraction of sp³-hybridized carbons (Fsp3) is 0.263. The summed E-state index contributed by atoms with van der Waals surface area (Å²) in [6.07, 6.45) is 7.26. The molecular weight excluding hydrogens is 302 g/mol. The SMILES string of the molecule is O=C(c1ccc2[nH]ccc2c1)N1CCCC(Oc2ccncc2)C1. The third-order valence-corrected chi connectivity index (χ3v) is 4.42. The van der Waals surface area contributed by atoms with Crippen LogP contribution < -0.4 is 4.74 Å². The summed E-state index contributed by atoms with van der Waals surface area (Å²) in [5.41, 5.74) is 1.77. The Morgan fingerprint density at radius 3 is 2.96 bits per heavy atom. The highest BCUT2D eigenvalue weighted by Crippen LogP contribution is 2.21. The van der Waals surface area contributed by atoms with Gasteiger partial charge in [-0.05, 0) is 49.2 Å². The summed E-state index contributed by atoms with van der Waals surface area (Å²) in [5.74, 6) is 0.874. The summed E-state index contributed by atoms with van der Waals surface area (Å²) < 4.78 is 5.99. The van der Waals surface area contributed by atoms with E-state index < -0.39 is 0 Å². The van der Waals surface area contributed by atoms with Gasteiger partial charge in [0.1, 0.15) is 11.9 Å². The molecule has 5 nitrogen and oxygen atoms in total. The van der Waals surface area contributed by atoms with E-state index in [-0.39, 0.29) is 12.0 Å². The van der Waals surface area contributed by atoms with Crippen molar-refractivity contribution in [1.29, 1.82) is 0 Å². The molecule has 3 aromatic rings. The normalized spacial score (nSPS) is 17.8. The second kappa shape index (κ2) is 6.35. The Morgan fingerprint density at radius 1 is 1.21 bits per heavy atom. The molecule has 0 radical (unpaired) electrons. The van der Waals surface area contributed by atoms with Gasteiger partial charge in [-0.1, -0.05) is 0 Å². The molecule has 0 bridgehead atoms. The van der Waals surface area contributed by atoms with Crippen molar-refractivity contribution in [1.82, 2.24) is 14.9 Å². The molecule has 2 aromatic heterocycles. The lowest BCUT2D eigenvalue weighted by molar-refractivity contribution is 0.0538. The molecule has 1 N–H and O–H groups in total. The number of hydrogen-bond donors (Lipinski definition) is 1. The fourth-order valence-corrected chi connectivity index (χ4v) is 3.20. The number of aromatic nitrogens is 2. The molecule has 1 saturated heterocycles. The van der Waals surface area contributed by atoms with Crippen molar-refractivity contribution < 1.29 is 9.53 Å². The molecule has 1 unspecified atom stereocenters. The second-order valence-electron chi connectivity index (χ2n) is 6.10. The molecule has 1 atom stereocenters. The number of nitrogens with zero attached hydrogens (tertiary/aromatic N) is 2. The zero-order valence-electron chi connectivity index (χ0n) is 13.3. The zero-order chi connectivity index (χ0) is 16.4. The molecule has 0 aliphatic carbocycles. The lowest BCUT2D eigenvalue weighted by Crippen LogP contribution is -2.44. The predicted octanol–water partition coefficient (Wildman–Crippen LogP) is 3.25. The summed E-state index contributed by atoms with van der Waals surface area (Å²) in [5, 5.41) is 1.06. The minimum absolute atomic E-state index is 0.0288. The number of benzene rings is 1.